The van der Waals surface area contributed by atoms with Gasteiger partial charge >= 0.3 is 6.18 Å². The highest BCUT2D eigenvalue weighted by molar-refractivity contribution is 7.89. The molecular formula is C18H16F3N5O3S. The first kappa shape index (κ1) is 21.5. The van der Waals surface area contributed by atoms with E-state index in [0.717, 1.165) is 18.2 Å². The Morgan fingerprint density at radius 2 is 1.90 bits per heavy atom. The van der Waals surface area contributed by atoms with Crippen LogP contribution in [0.5, 0.6) is 0 Å². The molecule has 30 heavy (non-hydrogen) atoms. The van der Waals surface area contributed by atoms with Gasteiger partial charge in [-0.25, -0.2) is 22.8 Å². The maximum Gasteiger partial charge on any atom is 0.416 e. The molecule has 3 aromatic rings. The molecule has 2 heterocycles. The molecule has 2 N–H and O–H groups in total. The second-order valence-corrected chi connectivity index (χ2v) is 7.87. The Labute approximate surface area is 169 Å². The third-order valence-corrected chi connectivity index (χ3v) is 5.33. The van der Waals surface area contributed by atoms with Crippen molar-refractivity contribution in [3.05, 3.63) is 72.2 Å². The molecule has 12 heteroatoms. The lowest BCUT2D eigenvalue weighted by molar-refractivity contribution is -0.137. The van der Waals surface area contributed by atoms with Gasteiger partial charge in [0.05, 0.1) is 17.0 Å². The number of hydrogen-bond donors (Lipinski definition) is 2. The number of rotatable bonds is 7. The second kappa shape index (κ2) is 8.63. The molecule has 0 aliphatic heterocycles. The highest BCUT2D eigenvalue weighted by Gasteiger charge is 2.31. The van der Waals surface area contributed by atoms with Gasteiger partial charge in [-0.1, -0.05) is 6.07 Å². The number of amides is 1. The van der Waals surface area contributed by atoms with Crippen molar-refractivity contribution in [2.45, 2.75) is 17.6 Å². The lowest BCUT2D eigenvalue weighted by Crippen LogP contribution is -2.36. The lowest BCUT2D eigenvalue weighted by Gasteiger charge is -2.11. The minimum Gasteiger partial charge on any atom is -0.351 e. The summed E-state index contributed by atoms with van der Waals surface area (Å²) in [6, 6.07) is 8.36. The van der Waals surface area contributed by atoms with Gasteiger partial charge in [0.1, 0.15) is 0 Å². The molecule has 0 aliphatic rings. The quantitative estimate of drug-likeness (QED) is 0.585. The minimum atomic E-state index is -4.68. The smallest absolute Gasteiger partial charge is 0.351 e. The molecule has 8 nitrogen and oxygen atoms in total. The zero-order valence-electron chi connectivity index (χ0n) is 15.3. The number of alkyl halides is 3. The first-order valence-corrected chi connectivity index (χ1v) is 10.0. The summed E-state index contributed by atoms with van der Waals surface area (Å²) in [4.78, 5) is 15.6. The van der Waals surface area contributed by atoms with Crippen LogP contribution in [0.25, 0.3) is 5.82 Å². The van der Waals surface area contributed by atoms with Gasteiger partial charge in [-0.2, -0.15) is 18.3 Å². The van der Waals surface area contributed by atoms with Crippen LogP contribution in [0, 0.1) is 0 Å². The minimum absolute atomic E-state index is 0.0981. The third kappa shape index (κ3) is 5.42. The molecule has 3 rings (SSSR count). The van der Waals surface area contributed by atoms with Crippen molar-refractivity contribution in [3.63, 3.8) is 0 Å². The van der Waals surface area contributed by atoms with Crippen LogP contribution >= 0.6 is 0 Å². The monoisotopic (exact) mass is 439 g/mol. The van der Waals surface area contributed by atoms with Crippen LogP contribution in [0.3, 0.4) is 0 Å². The summed E-state index contributed by atoms with van der Waals surface area (Å²) >= 11 is 0. The van der Waals surface area contributed by atoms with Gasteiger partial charge in [0.2, 0.25) is 15.9 Å². The molecular weight excluding hydrogens is 423 g/mol. The van der Waals surface area contributed by atoms with Crippen molar-refractivity contribution in [2.24, 2.45) is 0 Å². The van der Waals surface area contributed by atoms with Crippen LogP contribution in [0.15, 0.2) is 66.0 Å². The number of pyridine rings is 1. The van der Waals surface area contributed by atoms with Crippen molar-refractivity contribution in [2.75, 3.05) is 6.54 Å². The molecule has 0 radical (unpaired) electrons. The van der Waals surface area contributed by atoms with E-state index in [9.17, 15) is 26.4 Å². The largest absolute Gasteiger partial charge is 0.416 e. The summed E-state index contributed by atoms with van der Waals surface area (Å²) in [5.74, 6) is -0.111. The number of aromatic nitrogens is 3. The van der Waals surface area contributed by atoms with E-state index in [0.29, 0.717) is 17.4 Å². The Morgan fingerprint density at radius 1 is 1.10 bits per heavy atom. The first-order valence-electron chi connectivity index (χ1n) is 8.54. The van der Waals surface area contributed by atoms with Crippen LogP contribution in [0.4, 0.5) is 13.2 Å². The average Bonchev–Trinajstić information content (AvgIpc) is 3.25. The van der Waals surface area contributed by atoms with E-state index in [1.165, 1.54) is 10.9 Å². The summed E-state index contributed by atoms with van der Waals surface area (Å²) in [6.07, 6.45) is 0.150. The highest BCUT2D eigenvalue weighted by atomic mass is 32.2. The van der Waals surface area contributed by atoms with Crippen LogP contribution in [-0.2, 0) is 27.5 Å². The predicted octanol–water partition coefficient (Wildman–Crippen LogP) is 1.88. The molecule has 0 saturated heterocycles. The fraction of sp³-hybridized carbons (Fsp3) is 0.167. The molecule has 0 spiro atoms. The first-order chi connectivity index (χ1) is 14.1. The molecule has 1 aromatic carbocycles. The van der Waals surface area contributed by atoms with Crippen molar-refractivity contribution in [1.29, 1.82) is 0 Å². The van der Waals surface area contributed by atoms with Crippen molar-refractivity contribution in [3.8, 4) is 5.82 Å². The molecule has 0 unspecified atom stereocenters. The summed E-state index contributed by atoms with van der Waals surface area (Å²) in [7, 11) is -4.29. The van der Waals surface area contributed by atoms with Crippen molar-refractivity contribution in [1.82, 2.24) is 24.8 Å². The highest BCUT2D eigenvalue weighted by Crippen LogP contribution is 2.30. The average molecular weight is 439 g/mol. The summed E-state index contributed by atoms with van der Waals surface area (Å²) in [6.45, 7) is -0.531. The molecule has 0 aliphatic carbocycles. The molecule has 1 amide bonds. The Morgan fingerprint density at radius 3 is 2.60 bits per heavy atom. The molecule has 158 valence electrons. The normalized spacial score (nSPS) is 12.0. The van der Waals surface area contributed by atoms with Gasteiger partial charge < -0.3 is 5.32 Å². The number of sulfonamides is 1. The number of nitrogens with zero attached hydrogens (tertiary/aromatic N) is 3. The Balaban J connectivity index is 1.58. The van der Waals surface area contributed by atoms with E-state index in [1.54, 1.807) is 30.6 Å². The SMILES string of the molecule is O=C(CNS(=O)(=O)c1cccc(C(F)(F)F)c1)NCc1ccnc(-n2cccn2)c1. The second-order valence-electron chi connectivity index (χ2n) is 6.10. The summed E-state index contributed by atoms with van der Waals surface area (Å²) in [5.41, 5.74) is -0.398. The fourth-order valence-electron chi connectivity index (χ4n) is 2.45. The molecule has 0 saturated carbocycles. The van der Waals surface area contributed by atoms with Crippen LogP contribution in [-0.4, -0.2) is 35.6 Å². The van der Waals surface area contributed by atoms with Gasteiger partial charge in [-0.15, -0.1) is 0 Å². The fourth-order valence-corrected chi connectivity index (χ4v) is 3.47. The van der Waals surface area contributed by atoms with Gasteiger partial charge in [0, 0.05) is 25.1 Å². The topological polar surface area (TPSA) is 106 Å². The van der Waals surface area contributed by atoms with Crippen molar-refractivity contribution >= 4 is 15.9 Å². The number of hydrogen-bond acceptors (Lipinski definition) is 5. The van der Waals surface area contributed by atoms with E-state index in [2.05, 4.69) is 15.4 Å². The number of benzene rings is 1. The summed E-state index contributed by atoms with van der Waals surface area (Å²) in [5, 5.41) is 6.58. The number of carbonyl (C=O) groups excluding carboxylic acids is 1. The Kier molecular flexibility index (Phi) is 6.17. The van der Waals surface area contributed by atoms with Crippen LogP contribution < -0.4 is 10.0 Å². The van der Waals surface area contributed by atoms with E-state index in [-0.39, 0.29) is 6.54 Å². The van der Waals surface area contributed by atoms with Gasteiger partial charge in [-0.05, 0) is 42.0 Å². The molecule has 0 atom stereocenters. The number of nitrogens with one attached hydrogen (secondary N) is 2. The van der Waals surface area contributed by atoms with E-state index in [4.69, 9.17) is 0 Å². The molecule has 2 aromatic heterocycles. The number of halogens is 3. The molecule has 0 fully saturated rings. The summed E-state index contributed by atoms with van der Waals surface area (Å²) < 4.78 is 66.2. The van der Waals surface area contributed by atoms with Gasteiger partial charge in [0.15, 0.2) is 5.82 Å². The van der Waals surface area contributed by atoms with E-state index >= 15 is 0 Å². The van der Waals surface area contributed by atoms with Gasteiger partial charge in [0.25, 0.3) is 0 Å². The number of carbonyl (C=O) groups is 1. The lowest BCUT2D eigenvalue weighted by atomic mass is 10.2. The predicted molar refractivity (Wildman–Crippen MR) is 99.8 cm³/mol. The standard InChI is InChI=1S/C18H16F3N5O3S/c19-18(20,21)14-3-1-4-15(10-14)30(28,29)25-12-17(27)23-11-13-5-7-22-16(9-13)26-8-2-6-24-26/h1-10,25H,11-12H2,(H,23,27). The van der Waals surface area contributed by atoms with E-state index in [1.807, 2.05) is 4.72 Å². The third-order valence-electron chi connectivity index (χ3n) is 3.93. The van der Waals surface area contributed by atoms with Crippen LogP contribution in [0.2, 0.25) is 0 Å². The zero-order valence-corrected chi connectivity index (χ0v) is 16.1. The van der Waals surface area contributed by atoms with E-state index < -0.39 is 39.1 Å². The maximum atomic E-state index is 12.8. The van der Waals surface area contributed by atoms with Gasteiger partial charge in [-0.3, -0.25) is 4.79 Å². The van der Waals surface area contributed by atoms with Crippen LogP contribution in [0.1, 0.15) is 11.1 Å². The molecule has 0 bridgehead atoms. The Bertz CT molecular complexity index is 1130. The maximum absolute atomic E-state index is 12.8. The van der Waals surface area contributed by atoms with Crippen molar-refractivity contribution < 1.29 is 26.4 Å². The Hall–Kier alpha value is -3.25. The zero-order chi connectivity index (χ0) is 21.8.